The van der Waals surface area contributed by atoms with Crippen molar-refractivity contribution in [3.8, 4) is 0 Å². The molecule has 0 fully saturated rings. The first kappa shape index (κ1) is 20.6. The van der Waals surface area contributed by atoms with Gasteiger partial charge < -0.3 is 0 Å². The molecule has 0 atom stereocenters. The summed E-state index contributed by atoms with van der Waals surface area (Å²) in [5.74, 6) is 0.935. The first-order valence-electron chi connectivity index (χ1n) is 8.10. The van der Waals surface area contributed by atoms with Crippen LogP contribution in [0.3, 0.4) is 0 Å². The SMILES string of the molecule is Cc1nnc(SCc2ccccc2)n1NC(=S)NC(=O)c1ccc(Cl)c(Cl)c1. The van der Waals surface area contributed by atoms with E-state index in [0.29, 0.717) is 26.6 Å². The Hall–Kier alpha value is -2.13. The number of hydrogen-bond donors (Lipinski definition) is 2. The molecule has 2 N–H and O–H groups in total. The van der Waals surface area contributed by atoms with Gasteiger partial charge >= 0.3 is 0 Å². The fourth-order valence-corrected chi connectivity index (χ4v) is 3.61. The number of thioether (sulfide) groups is 1. The molecule has 0 saturated carbocycles. The van der Waals surface area contributed by atoms with Crippen molar-refractivity contribution in [2.24, 2.45) is 0 Å². The Morgan fingerprint density at radius 3 is 2.61 bits per heavy atom. The predicted octanol–water partition coefficient (Wildman–Crippen LogP) is 4.44. The van der Waals surface area contributed by atoms with Crippen LogP contribution in [0.4, 0.5) is 0 Å². The zero-order valence-electron chi connectivity index (χ0n) is 14.6. The molecule has 0 spiro atoms. The van der Waals surface area contributed by atoms with Crippen molar-refractivity contribution in [2.75, 3.05) is 5.43 Å². The maximum atomic E-state index is 12.3. The second-order valence-electron chi connectivity index (χ2n) is 5.66. The quantitative estimate of drug-likeness (QED) is 0.441. The van der Waals surface area contributed by atoms with E-state index in [2.05, 4.69) is 20.9 Å². The lowest BCUT2D eigenvalue weighted by Crippen LogP contribution is -2.38. The van der Waals surface area contributed by atoms with E-state index in [1.807, 2.05) is 30.3 Å². The molecule has 3 rings (SSSR count). The average molecular weight is 452 g/mol. The Balaban J connectivity index is 1.64. The molecular weight excluding hydrogens is 437 g/mol. The van der Waals surface area contributed by atoms with Gasteiger partial charge in [-0.2, -0.15) is 0 Å². The molecule has 0 radical (unpaired) electrons. The molecule has 3 aromatic rings. The minimum atomic E-state index is -0.403. The molecule has 0 aliphatic rings. The normalized spacial score (nSPS) is 10.5. The Bertz CT molecular complexity index is 1010. The lowest BCUT2D eigenvalue weighted by molar-refractivity contribution is 0.0977. The lowest BCUT2D eigenvalue weighted by Gasteiger charge is -2.13. The van der Waals surface area contributed by atoms with Gasteiger partial charge in [0.15, 0.2) is 5.11 Å². The van der Waals surface area contributed by atoms with Gasteiger partial charge in [-0.3, -0.25) is 15.5 Å². The summed E-state index contributed by atoms with van der Waals surface area (Å²) in [6.07, 6.45) is 0. The molecular formula is C18H15Cl2N5OS2. The van der Waals surface area contributed by atoms with Crippen LogP contribution in [0.15, 0.2) is 53.7 Å². The van der Waals surface area contributed by atoms with Gasteiger partial charge in [0, 0.05) is 11.3 Å². The standard InChI is InChI=1S/C18H15Cl2N5OS2/c1-11-22-23-18(28-10-12-5-3-2-4-6-12)25(11)24-17(27)21-16(26)13-7-8-14(19)15(20)9-13/h2-9H,10H2,1H3,(H2,21,24,26,27). The van der Waals surface area contributed by atoms with Crippen LogP contribution in [0.25, 0.3) is 0 Å². The third-order valence-corrected chi connectivity index (χ3v) is 5.56. The third kappa shape index (κ3) is 5.23. The van der Waals surface area contributed by atoms with E-state index >= 15 is 0 Å². The minimum absolute atomic E-state index is 0.112. The lowest BCUT2D eigenvalue weighted by atomic mass is 10.2. The molecule has 0 aliphatic carbocycles. The summed E-state index contributed by atoms with van der Waals surface area (Å²) >= 11 is 18.6. The Morgan fingerprint density at radius 1 is 1.14 bits per heavy atom. The van der Waals surface area contributed by atoms with Crippen molar-refractivity contribution in [3.63, 3.8) is 0 Å². The molecule has 0 unspecified atom stereocenters. The number of benzene rings is 2. The van der Waals surface area contributed by atoms with Crippen LogP contribution in [0.1, 0.15) is 21.7 Å². The Morgan fingerprint density at radius 2 is 1.89 bits per heavy atom. The van der Waals surface area contributed by atoms with Crippen LogP contribution < -0.4 is 10.7 Å². The number of nitrogens with zero attached hydrogens (tertiary/aromatic N) is 3. The van der Waals surface area contributed by atoms with E-state index in [-0.39, 0.29) is 5.11 Å². The molecule has 0 saturated heterocycles. The Kier molecular flexibility index (Phi) is 6.90. The highest BCUT2D eigenvalue weighted by molar-refractivity contribution is 7.98. The second-order valence-corrected chi connectivity index (χ2v) is 7.83. The van der Waals surface area contributed by atoms with Crippen molar-refractivity contribution in [1.82, 2.24) is 20.2 Å². The molecule has 1 amide bonds. The molecule has 0 bridgehead atoms. The van der Waals surface area contributed by atoms with Crippen molar-refractivity contribution in [1.29, 1.82) is 0 Å². The van der Waals surface area contributed by atoms with Crippen molar-refractivity contribution < 1.29 is 4.79 Å². The third-order valence-electron chi connectivity index (χ3n) is 3.63. The van der Waals surface area contributed by atoms with E-state index < -0.39 is 5.91 Å². The highest BCUT2D eigenvalue weighted by Gasteiger charge is 2.14. The summed E-state index contributed by atoms with van der Waals surface area (Å²) in [4.78, 5) is 12.3. The molecule has 144 valence electrons. The van der Waals surface area contributed by atoms with Gasteiger partial charge in [0.2, 0.25) is 5.16 Å². The van der Waals surface area contributed by atoms with Crippen LogP contribution in [0.2, 0.25) is 10.0 Å². The van der Waals surface area contributed by atoms with Crippen molar-refractivity contribution >= 4 is 58.2 Å². The minimum Gasteiger partial charge on any atom is -0.298 e. The van der Waals surface area contributed by atoms with Crippen LogP contribution in [0, 0.1) is 6.92 Å². The summed E-state index contributed by atoms with van der Waals surface area (Å²) in [5, 5.41) is 12.2. The molecule has 6 nitrogen and oxygen atoms in total. The van der Waals surface area contributed by atoms with Gasteiger partial charge in [-0.25, -0.2) is 4.68 Å². The van der Waals surface area contributed by atoms with Gasteiger partial charge in [-0.05, 0) is 42.9 Å². The molecule has 1 heterocycles. The molecule has 10 heteroatoms. The number of aryl methyl sites for hydroxylation is 1. The van der Waals surface area contributed by atoms with Crippen molar-refractivity contribution in [3.05, 3.63) is 75.5 Å². The van der Waals surface area contributed by atoms with E-state index in [9.17, 15) is 4.79 Å². The predicted molar refractivity (Wildman–Crippen MR) is 117 cm³/mol. The van der Waals surface area contributed by atoms with Crippen LogP contribution in [0.5, 0.6) is 0 Å². The summed E-state index contributed by atoms with van der Waals surface area (Å²) in [7, 11) is 0. The fraction of sp³-hybridized carbons (Fsp3) is 0.111. The van der Waals surface area contributed by atoms with E-state index in [1.165, 1.54) is 17.8 Å². The van der Waals surface area contributed by atoms with Crippen LogP contribution in [-0.2, 0) is 5.75 Å². The molecule has 0 aliphatic heterocycles. The van der Waals surface area contributed by atoms with Gasteiger partial charge in [0.1, 0.15) is 5.82 Å². The first-order chi connectivity index (χ1) is 13.4. The number of thiocarbonyl (C=S) groups is 1. The molecule has 1 aromatic heterocycles. The van der Waals surface area contributed by atoms with Crippen molar-refractivity contribution in [2.45, 2.75) is 17.8 Å². The number of carbonyl (C=O) groups is 1. The Labute approximate surface area is 181 Å². The second kappa shape index (κ2) is 9.38. The van der Waals surface area contributed by atoms with Crippen LogP contribution >= 0.6 is 47.2 Å². The largest absolute Gasteiger partial charge is 0.298 e. The van der Waals surface area contributed by atoms with E-state index in [1.54, 1.807) is 23.7 Å². The summed E-state index contributed by atoms with van der Waals surface area (Å²) in [6, 6.07) is 14.6. The van der Waals surface area contributed by atoms with E-state index in [0.717, 1.165) is 11.3 Å². The first-order valence-corrected chi connectivity index (χ1v) is 10.2. The van der Waals surface area contributed by atoms with Crippen LogP contribution in [-0.4, -0.2) is 25.9 Å². The topological polar surface area (TPSA) is 71.8 Å². The van der Waals surface area contributed by atoms with Gasteiger partial charge in [0.05, 0.1) is 10.0 Å². The van der Waals surface area contributed by atoms with Gasteiger partial charge in [-0.15, -0.1) is 10.2 Å². The maximum Gasteiger partial charge on any atom is 0.257 e. The van der Waals surface area contributed by atoms with Gasteiger partial charge in [-0.1, -0.05) is 65.3 Å². The summed E-state index contributed by atoms with van der Waals surface area (Å²) in [6.45, 7) is 1.79. The number of amides is 1. The number of rotatable bonds is 5. The zero-order chi connectivity index (χ0) is 20.1. The molecule has 28 heavy (non-hydrogen) atoms. The number of nitrogens with one attached hydrogen (secondary N) is 2. The monoisotopic (exact) mass is 451 g/mol. The summed E-state index contributed by atoms with van der Waals surface area (Å²) in [5.41, 5.74) is 4.44. The highest BCUT2D eigenvalue weighted by Crippen LogP contribution is 2.23. The molecule has 2 aromatic carbocycles. The number of aromatic nitrogens is 3. The number of hydrogen-bond acceptors (Lipinski definition) is 5. The summed E-state index contributed by atoms with van der Waals surface area (Å²) < 4.78 is 1.63. The maximum absolute atomic E-state index is 12.3. The highest BCUT2D eigenvalue weighted by atomic mass is 35.5. The van der Waals surface area contributed by atoms with Gasteiger partial charge in [0.25, 0.3) is 5.91 Å². The fourth-order valence-electron chi connectivity index (χ4n) is 2.23. The van der Waals surface area contributed by atoms with E-state index in [4.69, 9.17) is 35.4 Å². The average Bonchev–Trinajstić information content (AvgIpc) is 3.02. The smallest absolute Gasteiger partial charge is 0.257 e. The number of carbonyl (C=O) groups excluding carboxylic acids is 1. The zero-order valence-corrected chi connectivity index (χ0v) is 17.8. The number of halogens is 2.